The molecule has 0 atom stereocenters. The number of aryl methyl sites for hydroxylation is 1. The highest BCUT2D eigenvalue weighted by Gasteiger charge is 2.09. The summed E-state index contributed by atoms with van der Waals surface area (Å²) in [5.74, 6) is -1.54. The molecule has 0 spiro atoms. The van der Waals surface area contributed by atoms with Crippen molar-refractivity contribution >= 4 is 23.6 Å². The minimum Gasteiger partial charge on any atom is -0.481 e. The Kier molecular flexibility index (Phi) is 4.03. The van der Waals surface area contributed by atoms with Crippen molar-refractivity contribution in [2.75, 3.05) is 5.75 Å². The molecule has 1 amide bonds. The molecule has 1 heterocycles. The third-order valence-electron chi connectivity index (χ3n) is 1.39. The Hall–Kier alpha value is -1.64. The fourth-order valence-corrected chi connectivity index (χ4v) is 1.41. The van der Waals surface area contributed by atoms with Crippen LogP contribution in [0.15, 0.2) is 5.16 Å². The molecule has 0 bridgehead atoms. The molecule has 1 aromatic heterocycles. The number of tetrazole rings is 1. The maximum atomic E-state index is 10.5. The number of carbonyl (C=O) groups is 2. The molecular formula is C6H9N5O3S. The van der Waals surface area contributed by atoms with E-state index in [9.17, 15) is 9.59 Å². The van der Waals surface area contributed by atoms with Gasteiger partial charge >= 0.3 is 5.97 Å². The van der Waals surface area contributed by atoms with E-state index in [1.165, 1.54) is 4.68 Å². The summed E-state index contributed by atoms with van der Waals surface area (Å²) in [7, 11) is 0. The summed E-state index contributed by atoms with van der Waals surface area (Å²) in [6.07, 6.45) is 0.117. The van der Waals surface area contributed by atoms with Crippen molar-refractivity contribution in [2.45, 2.75) is 18.1 Å². The first kappa shape index (κ1) is 11.4. The number of aromatic nitrogens is 4. The molecule has 0 fully saturated rings. The second kappa shape index (κ2) is 5.29. The Morgan fingerprint density at radius 3 is 2.87 bits per heavy atom. The van der Waals surface area contributed by atoms with Crippen LogP contribution < -0.4 is 5.73 Å². The Balaban J connectivity index is 2.53. The van der Waals surface area contributed by atoms with Gasteiger partial charge in [-0.05, 0) is 10.4 Å². The lowest BCUT2D eigenvalue weighted by Gasteiger charge is -2.00. The zero-order valence-electron chi connectivity index (χ0n) is 7.66. The van der Waals surface area contributed by atoms with Gasteiger partial charge in [0.2, 0.25) is 11.1 Å². The van der Waals surface area contributed by atoms with Crippen LogP contribution in [0, 0.1) is 0 Å². The molecule has 0 radical (unpaired) electrons. The van der Waals surface area contributed by atoms with E-state index in [0.29, 0.717) is 5.16 Å². The van der Waals surface area contributed by atoms with Crippen molar-refractivity contribution in [1.82, 2.24) is 20.2 Å². The largest absolute Gasteiger partial charge is 0.481 e. The molecule has 0 aliphatic heterocycles. The van der Waals surface area contributed by atoms with E-state index in [0.717, 1.165) is 11.8 Å². The monoisotopic (exact) mass is 231 g/mol. The summed E-state index contributed by atoms with van der Waals surface area (Å²) in [4.78, 5) is 20.8. The summed E-state index contributed by atoms with van der Waals surface area (Å²) < 4.78 is 1.35. The zero-order valence-corrected chi connectivity index (χ0v) is 8.48. The topological polar surface area (TPSA) is 124 Å². The molecule has 9 heteroatoms. The smallest absolute Gasteiger partial charge is 0.313 e. The van der Waals surface area contributed by atoms with E-state index < -0.39 is 11.9 Å². The van der Waals surface area contributed by atoms with Gasteiger partial charge in [-0.1, -0.05) is 11.8 Å². The maximum Gasteiger partial charge on any atom is 0.313 e. The second-order valence-corrected chi connectivity index (χ2v) is 3.53. The van der Waals surface area contributed by atoms with Gasteiger partial charge in [-0.25, -0.2) is 4.68 Å². The van der Waals surface area contributed by atoms with Gasteiger partial charge in [0.25, 0.3) is 0 Å². The van der Waals surface area contributed by atoms with E-state index in [-0.39, 0.29) is 18.7 Å². The minimum atomic E-state index is -0.954. The first-order valence-electron chi connectivity index (χ1n) is 3.98. The number of thioether (sulfide) groups is 1. The van der Waals surface area contributed by atoms with Crippen molar-refractivity contribution in [3.63, 3.8) is 0 Å². The molecule has 1 rings (SSSR count). The van der Waals surface area contributed by atoms with Gasteiger partial charge in [0.15, 0.2) is 0 Å². The van der Waals surface area contributed by atoms with Crippen LogP contribution in [0.1, 0.15) is 6.42 Å². The van der Waals surface area contributed by atoms with E-state index >= 15 is 0 Å². The number of amides is 1. The van der Waals surface area contributed by atoms with Gasteiger partial charge in [0.1, 0.15) is 0 Å². The number of aliphatic carboxylic acids is 1. The minimum absolute atomic E-state index is 0.117. The number of carboxylic acids is 1. The average Bonchev–Trinajstić information content (AvgIpc) is 2.58. The summed E-state index contributed by atoms with van der Waals surface area (Å²) >= 11 is 0.989. The van der Waals surface area contributed by atoms with Crippen molar-refractivity contribution < 1.29 is 14.7 Å². The molecule has 0 saturated carbocycles. The normalized spacial score (nSPS) is 10.1. The van der Waals surface area contributed by atoms with E-state index in [1.54, 1.807) is 0 Å². The van der Waals surface area contributed by atoms with Gasteiger partial charge in [-0.15, -0.1) is 5.10 Å². The number of nitrogens with zero attached hydrogens (tertiary/aromatic N) is 4. The molecule has 3 N–H and O–H groups in total. The standard InChI is InChI=1S/C6H9N5O3S/c7-4(12)1-2-11-6(8-9-10-11)15-3-5(13)14/h1-3H2,(H2,7,12)(H,13,14). The van der Waals surface area contributed by atoms with Crippen LogP contribution in [0.4, 0.5) is 0 Å². The molecule has 0 saturated heterocycles. The van der Waals surface area contributed by atoms with Gasteiger partial charge in [-0.2, -0.15) is 0 Å². The van der Waals surface area contributed by atoms with Crippen LogP contribution in [0.3, 0.4) is 0 Å². The fraction of sp³-hybridized carbons (Fsp3) is 0.500. The lowest BCUT2D eigenvalue weighted by Crippen LogP contribution is -2.15. The van der Waals surface area contributed by atoms with E-state index in [2.05, 4.69) is 15.5 Å². The van der Waals surface area contributed by atoms with Crippen LogP contribution in [-0.2, 0) is 16.1 Å². The van der Waals surface area contributed by atoms with Crippen LogP contribution in [0.25, 0.3) is 0 Å². The molecule has 0 unspecified atom stereocenters. The Bertz CT molecular complexity index is 333. The summed E-state index contributed by atoms with van der Waals surface area (Å²) in [6, 6.07) is 0. The predicted octanol–water partition coefficient (Wildman–Crippen LogP) is -1.27. The first-order chi connectivity index (χ1) is 7.09. The molecule has 82 valence electrons. The highest BCUT2D eigenvalue weighted by atomic mass is 32.2. The van der Waals surface area contributed by atoms with Crippen LogP contribution in [0.2, 0.25) is 0 Å². The van der Waals surface area contributed by atoms with Crippen molar-refractivity contribution in [3.05, 3.63) is 0 Å². The molecule has 8 nitrogen and oxygen atoms in total. The molecule has 1 aromatic rings. The van der Waals surface area contributed by atoms with Crippen LogP contribution >= 0.6 is 11.8 Å². The average molecular weight is 231 g/mol. The number of hydrogen-bond acceptors (Lipinski definition) is 6. The SMILES string of the molecule is NC(=O)CCn1nnnc1SCC(=O)O. The molecule has 15 heavy (non-hydrogen) atoms. The molecule has 0 aliphatic carbocycles. The van der Waals surface area contributed by atoms with Gasteiger partial charge in [-0.3, -0.25) is 9.59 Å². The van der Waals surface area contributed by atoms with E-state index in [4.69, 9.17) is 10.8 Å². The van der Waals surface area contributed by atoms with Crippen molar-refractivity contribution in [1.29, 1.82) is 0 Å². The number of carbonyl (C=O) groups excluding carboxylic acids is 1. The zero-order chi connectivity index (χ0) is 11.3. The van der Waals surface area contributed by atoms with Crippen molar-refractivity contribution in [2.24, 2.45) is 5.73 Å². The number of primary amides is 1. The van der Waals surface area contributed by atoms with Crippen LogP contribution in [-0.4, -0.2) is 42.9 Å². The summed E-state index contributed by atoms with van der Waals surface area (Å²) in [5.41, 5.74) is 4.96. The molecule has 0 aliphatic rings. The quantitative estimate of drug-likeness (QED) is 0.584. The van der Waals surface area contributed by atoms with Gasteiger partial charge in [0.05, 0.1) is 12.3 Å². The van der Waals surface area contributed by atoms with E-state index in [1.807, 2.05) is 0 Å². The van der Waals surface area contributed by atoms with Crippen LogP contribution in [0.5, 0.6) is 0 Å². The van der Waals surface area contributed by atoms with Gasteiger partial charge < -0.3 is 10.8 Å². The lowest BCUT2D eigenvalue weighted by atomic mass is 10.4. The lowest BCUT2D eigenvalue weighted by molar-refractivity contribution is -0.134. The fourth-order valence-electron chi connectivity index (χ4n) is 0.783. The summed E-state index contributed by atoms with van der Waals surface area (Å²) in [6.45, 7) is 0.254. The Morgan fingerprint density at radius 1 is 1.53 bits per heavy atom. The first-order valence-corrected chi connectivity index (χ1v) is 4.97. The second-order valence-electron chi connectivity index (χ2n) is 2.58. The number of nitrogens with two attached hydrogens (primary N) is 1. The van der Waals surface area contributed by atoms with Gasteiger partial charge in [0, 0.05) is 6.42 Å². The Morgan fingerprint density at radius 2 is 2.27 bits per heavy atom. The maximum absolute atomic E-state index is 10.5. The molecular weight excluding hydrogens is 222 g/mol. The van der Waals surface area contributed by atoms with Crippen molar-refractivity contribution in [3.8, 4) is 0 Å². The highest BCUT2D eigenvalue weighted by Crippen LogP contribution is 2.12. The number of hydrogen-bond donors (Lipinski definition) is 2. The number of rotatable bonds is 6. The summed E-state index contributed by atoms with van der Waals surface area (Å²) in [5, 5.41) is 19.4. The highest BCUT2D eigenvalue weighted by molar-refractivity contribution is 7.99. The Labute approximate surface area is 88.8 Å². The third kappa shape index (κ3) is 3.94. The number of carboxylic acid groups (broad SMARTS) is 1. The third-order valence-corrected chi connectivity index (χ3v) is 2.34. The molecule has 0 aromatic carbocycles. The predicted molar refractivity (Wildman–Crippen MR) is 50.0 cm³/mol.